The predicted molar refractivity (Wildman–Crippen MR) is 72.2 cm³/mol. The van der Waals surface area contributed by atoms with E-state index in [1.165, 1.54) is 12.1 Å². The molecular weight excluding hydrogens is 245 g/mol. The Labute approximate surface area is 113 Å². The van der Waals surface area contributed by atoms with Crippen LogP contribution in [0.5, 0.6) is 0 Å². The first-order chi connectivity index (χ1) is 9.10. The lowest BCUT2D eigenvalue weighted by Crippen LogP contribution is -2.56. The second-order valence-electron chi connectivity index (χ2n) is 5.01. The van der Waals surface area contributed by atoms with E-state index in [0.29, 0.717) is 19.5 Å². The Morgan fingerprint density at radius 3 is 2.68 bits per heavy atom. The van der Waals surface area contributed by atoms with Crippen molar-refractivity contribution in [2.45, 2.75) is 12.5 Å². The smallest absolute Gasteiger partial charge is 0.227 e. The molecule has 0 radical (unpaired) electrons. The molecule has 0 spiro atoms. The molecule has 0 bridgehead atoms. The van der Waals surface area contributed by atoms with Gasteiger partial charge in [0.25, 0.3) is 0 Å². The van der Waals surface area contributed by atoms with Crippen LogP contribution >= 0.6 is 0 Å². The first kappa shape index (κ1) is 14.0. The Balaban J connectivity index is 1.94. The molecule has 1 fully saturated rings. The minimum atomic E-state index is -0.279. The summed E-state index contributed by atoms with van der Waals surface area (Å²) in [7, 11) is 2.03. The highest BCUT2D eigenvalue weighted by Crippen LogP contribution is 2.10. The summed E-state index contributed by atoms with van der Waals surface area (Å²) >= 11 is 0. The van der Waals surface area contributed by atoms with Crippen molar-refractivity contribution in [3.63, 3.8) is 0 Å². The van der Waals surface area contributed by atoms with Gasteiger partial charge in [-0.25, -0.2) is 4.39 Å². The summed E-state index contributed by atoms with van der Waals surface area (Å²) in [6, 6.07) is 6.31. The molecule has 1 aliphatic rings. The number of benzene rings is 1. The van der Waals surface area contributed by atoms with E-state index in [1.54, 1.807) is 12.1 Å². The molecule has 0 aromatic heterocycles. The number of hydrogen-bond acceptors (Lipinski definition) is 3. The number of carbonyl (C=O) groups is 1. The Morgan fingerprint density at radius 1 is 1.37 bits per heavy atom. The second kappa shape index (κ2) is 6.12. The van der Waals surface area contributed by atoms with Gasteiger partial charge in [-0.2, -0.15) is 0 Å². The fraction of sp³-hybridized carbons (Fsp3) is 0.500. The number of piperazine rings is 1. The molecule has 2 rings (SSSR count). The number of halogens is 1. The first-order valence-electron chi connectivity index (χ1n) is 6.52. The molecule has 0 aliphatic carbocycles. The van der Waals surface area contributed by atoms with Crippen LogP contribution in [-0.4, -0.2) is 55.0 Å². The van der Waals surface area contributed by atoms with Crippen LogP contribution in [0.15, 0.2) is 24.3 Å². The first-order valence-corrected chi connectivity index (χ1v) is 6.52. The van der Waals surface area contributed by atoms with Gasteiger partial charge in [0.2, 0.25) is 5.91 Å². The van der Waals surface area contributed by atoms with Crippen molar-refractivity contribution >= 4 is 5.91 Å². The standard InChI is InChI=1S/C14H20FN3O/c1-17-6-7-18(10-13(17)9-16)14(19)8-11-2-4-12(15)5-3-11/h2-5,13H,6-10,16H2,1H3. The van der Waals surface area contributed by atoms with Gasteiger partial charge >= 0.3 is 0 Å². The fourth-order valence-electron chi connectivity index (χ4n) is 2.32. The van der Waals surface area contributed by atoms with Gasteiger partial charge in [-0.15, -0.1) is 0 Å². The Morgan fingerprint density at radius 2 is 2.05 bits per heavy atom. The maximum absolute atomic E-state index is 12.8. The maximum atomic E-state index is 12.8. The maximum Gasteiger partial charge on any atom is 0.227 e. The van der Waals surface area contributed by atoms with Crippen LogP contribution in [0.1, 0.15) is 5.56 Å². The lowest BCUT2D eigenvalue weighted by Gasteiger charge is -2.39. The average Bonchev–Trinajstić information content (AvgIpc) is 2.42. The van der Waals surface area contributed by atoms with E-state index in [9.17, 15) is 9.18 Å². The van der Waals surface area contributed by atoms with Crippen LogP contribution in [0.2, 0.25) is 0 Å². The lowest BCUT2D eigenvalue weighted by molar-refractivity contribution is -0.133. The van der Waals surface area contributed by atoms with Crippen LogP contribution in [0.4, 0.5) is 4.39 Å². The number of nitrogens with two attached hydrogens (primary N) is 1. The van der Waals surface area contributed by atoms with Crippen LogP contribution in [-0.2, 0) is 11.2 Å². The Bertz CT molecular complexity index is 435. The Kier molecular flexibility index (Phi) is 4.50. The third kappa shape index (κ3) is 3.52. The third-order valence-corrected chi connectivity index (χ3v) is 3.67. The van der Waals surface area contributed by atoms with Crippen LogP contribution in [0.25, 0.3) is 0 Å². The second-order valence-corrected chi connectivity index (χ2v) is 5.01. The molecule has 1 aromatic carbocycles. The molecule has 4 nitrogen and oxygen atoms in total. The molecular formula is C14H20FN3O. The normalized spacial score (nSPS) is 20.6. The highest BCUT2D eigenvalue weighted by atomic mass is 19.1. The summed E-state index contributed by atoms with van der Waals surface area (Å²) in [6.45, 7) is 2.80. The summed E-state index contributed by atoms with van der Waals surface area (Å²) in [6.07, 6.45) is 0.321. The SMILES string of the molecule is CN1CCN(C(=O)Cc2ccc(F)cc2)CC1CN. The molecule has 1 unspecified atom stereocenters. The van der Waals surface area contributed by atoms with Crippen molar-refractivity contribution in [3.8, 4) is 0 Å². The number of hydrogen-bond donors (Lipinski definition) is 1. The zero-order chi connectivity index (χ0) is 13.8. The molecule has 1 aliphatic heterocycles. The van der Waals surface area contributed by atoms with E-state index in [4.69, 9.17) is 5.73 Å². The minimum absolute atomic E-state index is 0.0816. The van der Waals surface area contributed by atoms with E-state index in [1.807, 2.05) is 11.9 Å². The molecule has 5 heteroatoms. The number of rotatable bonds is 3. The average molecular weight is 265 g/mol. The zero-order valence-corrected chi connectivity index (χ0v) is 11.2. The van der Waals surface area contributed by atoms with E-state index in [-0.39, 0.29) is 17.8 Å². The van der Waals surface area contributed by atoms with Gasteiger partial charge in [-0.05, 0) is 24.7 Å². The van der Waals surface area contributed by atoms with Gasteiger partial charge in [0, 0.05) is 32.2 Å². The minimum Gasteiger partial charge on any atom is -0.340 e. The molecule has 104 valence electrons. The van der Waals surface area contributed by atoms with Gasteiger partial charge in [0.15, 0.2) is 0 Å². The van der Waals surface area contributed by atoms with Gasteiger partial charge in [-0.1, -0.05) is 12.1 Å². The van der Waals surface area contributed by atoms with Crippen LogP contribution < -0.4 is 5.73 Å². The van der Waals surface area contributed by atoms with Gasteiger partial charge < -0.3 is 10.6 Å². The van der Waals surface area contributed by atoms with E-state index >= 15 is 0 Å². The molecule has 1 saturated heterocycles. The van der Waals surface area contributed by atoms with Crippen LogP contribution in [0, 0.1) is 5.82 Å². The van der Waals surface area contributed by atoms with Crippen molar-refractivity contribution in [2.24, 2.45) is 5.73 Å². The predicted octanol–water partition coefficient (Wildman–Crippen LogP) is 0.469. The number of carbonyl (C=O) groups excluding carboxylic acids is 1. The fourth-order valence-corrected chi connectivity index (χ4v) is 2.32. The summed E-state index contributed by atoms with van der Waals surface area (Å²) < 4.78 is 12.8. The third-order valence-electron chi connectivity index (χ3n) is 3.67. The number of likely N-dealkylation sites (N-methyl/N-ethyl adjacent to an activating group) is 1. The largest absolute Gasteiger partial charge is 0.340 e. The van der Waals surface area contributed by atoms with Gasteiger partial charge in [0.05, 0.1) is 6.42 Å². The summed E-state index contributed by atoms with van der Waals surface area (Å²) in [5.41, 5.74) is 6.55. The van der Waals surface area contributed by atoms with E-state index in [2.05, 4.69) is 4.90 Å². The highest BCUT2D eigenvalue weighted by Gasteiger charge is 2.26. The van der Waals surface area contributed by atoms with Crippen molar-refractivity contribution in [1.82, 2.24) is 9.80 Å². The summed E-state index contributed by atoms with van der Waals surface area (Å²) in [5.74, 6) is -0.197. The quantitative estimate of drug-likeness (QED) is 0.864. The molecule has 0 saturated carbocycles. The van der Waals surface area contributed by atoms with Gasteiger partial charge in [-0.3, -0.25) is 9.69 Å². The van der Waals surface area contributed by atoms with Crippen molar-refractivity contribution < 1.29 is 9.18 Å². The molecule has 1 atom stereocenters. The molecule has 1 amide bonds. The topological polar surface area (TPSA) is 49.6 Å². The molecule has 19 heavy (non-hydrogen) atoms. The Hall–Kier alpha value is -1.46. The van der Waals surface area contributed by atoms with Crippen molar-refractivity contribution in [1.29, 1.82) is 0 Å². The highest BCUT2D eigenvalue weighted by molar-refractivity contribution is 5.78. The van der Waals surface area contributed by atoms with E-state index in [0.717, 1.165) is 18.7 Å². The summed E-state index contributed by atoms with van der Waals surface area (Å²) in [4.78, 5) is 16.2. The van der Waals surface area contributed by atoms with Gasteiger partial charge in [0.1, 0.15) is 5.82 Å². The molecule has 1 heterocycles. The number of nitrogens with zero attached hydrogens (tertiary/aromatic N) is 2. The number of amides is 1. The lowest BCUT2D eigenvalue weighted by atomic mass is 10.1. The monoisotopic (exact) mass is 265 g/mol. The van der Waals surface area contributed by atoms with Crippen molar-refractivity contribution in [2.75, 3.05) is 33.2 Å². The van der Waals surface area contributed by atoms with Crippen LogP contribution in [0.3, 0.4) is 0 Å². The van der Waals surface area contributed by atoms with E-state index < -0.39 is 0 Å². The summed E-state index contributed by atoms with van der Waals surface area (Å²) in [5, 5.41) is 0. The van der Waals surface area contributed by atoms with Crippen molar-refractivity contribution in [3.05, 3.63) is 35.6 Å². The zero-order valence-electron chi connectivity index (χ0n) is 11.2. The molecule has 2 N–H and O–H groups in total. The molecule has 1 aromatic rings.